The van der Waals surface area contributed by atoms with Gasteiger partial charge in [0.25, 0.3) is 5.91 Å². The molecular formula is C26H25FN2O3S. The Hall–Kier alpha value is -3.45. The van der Waals surface area contributed by atoms with Gasteiger partial charge in [-0.1, -0.05) is 30.3 Å². The van der Waals surface area contributed by atoms with Gasteiger partial charge in [0.05, 0.1) is 16.5 Å². The van der Waals surface area contributed by atoms with E-state index in [9.17, 15) is 19.1 Å². The van der Waals surface area contributed by atoms with Crippen LogP contribution in [0.5, 0.6) is 0 Å². The number of carbonyl (C=O) groups is 2. The molecule has 1 aliphatic rings. The van der Waals surface area contributed by atoms with Crippen molar-refractivity contribution in [2.75, 3.05) is 18.0 Å². The highest BCUT2D eigenvalue weighted by Crippen LogP contribution is 2.40. The van der Waals surface area contributed by atoms with Gasteiger partial charge in [0.2, 0.25) is 5.78 Å². The molecule has 2 aromatic carbocycles. The predicted molar refractivity (Wildman–Crippen MR) is 128 cm³/mol. The number of Topliss-reactive ketones (excluding diaryl/α,β-unsaturated/α-hetero) is 1. The van der Waals surface area contributed by atoms with Gasteiger partial charge in [-0.25, -0.2) is 4.39 Å². The standard InChI is InChI=1S/C26H25FN2O3S/c1-3-28(4-2)20-13-9-18(10-14-20)23-22(24(30)21-6-5-15-33-21)25(31)26(32)29(23)16-17-7-11-19(27)12-8-17/h5-15,23,31H,3-4,16H2,1-2H3. The second-order valence-corrected chi connectivity index (χ2v) is 8.74. The normalized spacial score (nSPS) is 15.9. The van der Waals surface area contributed by atoms with Crippen molar-refractivity contribution in [1.29, 1.82) is 0 Å². The molecule has 1 N–H and O–H groups in total. The Bertz CT molecular complexity index is 1170. The van der Waals surface area contributed by atoms with E-state index >= 15 is 0 Å². The Morgan fingerprint density at radius 1 is 1.06 bits per heavy atom. The fraction of sp³-hybridized carbons (Fsp3) is 0.231. The van der Waals surface area contributed by atoms with Crippen LogP contribution in [-0.4, -0.2) is 34.8 Å². The van der Waals surface area contributed by atoms with Crippen molar-refractivity contribution < 1.29 is 19.1 Å². The van der Waals surface area contributed by atoms with E-state index in [1.807, 2.05) is 24.3 Å². The van der Waals surface area contributed by atoms with Gasteiger partial charge in [0.1, 0.15) is 5.82 Å². The van der Waals surface area contributed by atoms with E-state index in [-0.39, 0.29) is 23.7 Å². The summed E-state index contributed by atoms with van der Waals surface area (Å²) in [4.78, 5) is 30.5. The highest BCUT2D eigenvalue weighted by molar-refractivity contribution is 7.12. The van der Waals surface area contributed by atoms with E-state index in [1.165, 1.54) is 28.4 Å². The third-order valence-electron chi connectivity index (χ3n) is 5.90. The summed E-state index contributed by atoms with van der Waals surface area (Å²) in [5.41, 5.74) is 2.54. The van der Waals surface area contributed by atoms with Crippen molar-refractivity contribution in [1.82, 2.24) is 4.90 Å². The van der Waals surface area contributed by atoms with E-state index in [0.717, 1.165) is 24.3 Å². The van der Waals surface area contributed by atoms with Crippen LogP contribution in [0.25, 0.3) is 0 Å². The summed E-state index contributed by atoms with van der Waals surface area (Å²) in [5, 5.41) is 12.6. The summed E-state index contributed by atoms with van der Waals surface area (Å²) in [7, 11) is 0. The molecular weight excluding hydrogens is 439 g/mol. The molecule has 1 amide bonds. The number of amides is 1. The molecule has 1 aromatic heterocycles. The SMILES string of the molecule is CCN(CC)c1ccc(C2C(C(=O)c3cccs3)=C(O)C(=O)N2Cc2ccc(F)cc2)cc1. The number of aliphatic hydroxyl groups is 1. The van der Waals surface area contributed by atoms with E-state index in [0.29, 0.717) is 10.4 Å². The second kappa shape index (κ2) is 9.58. The fourth-order valence-electron chi connectivity index (χ4n) is 4.18. The van der Waals surface area contributed by atoms with Gasteiger partial charge < -0.3 is 14.9 Å². The molecule has 1 unspecified atom stereocenters. The number of benzene rings is 2. The van der Waals surface area contributed by atoms with Crippen LogP contribution in [0.4, 0.5) is 10.1 Å². The van der Waals surface area contributed by atoms with Crippen molar-refractivity contribution >= 4 is 28.7 Å². The fourth-order valence-corrected chi connectivity index (χ4v) is 4.86. The molecule has 33 heavy (non-hydrogen) atoms. The van der Waals surface area contributed by atoms with Crippen LogP contribution in [0.3, 0.4) is 0 Å². The maximum absolute atomic E-state index is 13.4. The maximum atomic E-state index is 13.4. The van der Waals surface area contributed by atoms with Gasteiger partial charge >= 0.3 is 0 Å². The lowest BCUT2D eigenvalue weighted by Crippen LogP contribution is -2.30. The van der Waals surface area contributed by atoms with E-state index in [4.69, 9.17) is 0 Å². The van der Waals surface area contributed by atoms with Crippen LogP contribution in [0.1, 0.15) is 40.7 Å². The molecule has 0 fully saturated rings. The first-order valence-electron chi connectivity index (χ1n) is 10.9. The minimum atomic E-state index is -0.747. The minimum Gasteiger partial charge on any atom is -0.503 e. The minimum absolute atomic E-state index is 0.0696. The van der Waals surface area contributed by atoms with E-state index in [2.05, 4.69) is 18.7 Å². The Labute approximate surface area is 196 Å². The van der Waals surface area contributed by atoms with Crippen molar-refractivity contribution in [3.63, 3.8) is 0 Å². The van der Waals surface area contributed by atoms with Gasteiger partial charge in [-0.15, -0.1) is 11.3 Å². The molecule has 1 aliphatic heterocycles. The summed E-state index contributed by atoms with van der Waals surface area (Å²) >= 11 is 1.26. The Morgan fingerprint density at radius 3 is 2.30 bits per heavy atom. The number of nitrogens with zero attached hydrogens (tertiary/aromatic N) is 2. The smallest absolute Gasteiger partial charge is 0.290 e. The van der Waals surface area contributed by atoms with Crippen LogP contribution in [-0.2, 0) is 11.3 Å². The van der Waals surface area contributed by atoms with Gasteiger partial charge in [-0.2, -0.15) is 0 Å². The zero-order valence-electron chi connectivity index (χ0n) is 18.5. The van der Waals surface area contributed by atoms with Crippen molar-refractivity contribution in [3.8, 4) is 0 Å². The van der Waals surface area contributed by atoms with E-state index < -0.39 is 17.7 Å². The monoisotopic (exact) mass is 464 g/mol. The zero-order chi connectivity index (χ0) is 23.5. The summed E-state index contributed by atoms with van der Waals surface area (Å²) in [6, 6.07) is 16.3. The summed E-state index contributed by atoms with van der Waals surface area (Å²) in [6.07, 6.45) is 0. The average Bonchev–Trinajstić information content (AvgIpc) is 3.45. The molecule has 1 atom stereocenters. The summed E-state index contributed by atoms with van der Waals surface area (Å²) in [6.45, 7) is 6.01. The lowest BCUT2D eigenvalue weighted by molar-refractivity contribution is -0.130. The first-order chi connectivity index (χ1) is 15.9. The van der Waals surface area contributed by atoms with Gasteiger partial charge in [-0.3, -0.25) is 9.59 Å². The molecule has 4 rings (SSSR count). The number of thiophene rings is 1. The van der Waals surface area contributed by atoms with Gasteiger partial charge in [-0.05, 0) is 60.7 Å². The molecule has 0 bridgehead atoms. The molecule has 170 valence electrons. The number of carbonyl (C=O) groups excluding carboxylic acids is 2. The topological polar surface area (TPSA) is 60.9 Å². The first kappa shape index (κ1) is 22.7. The molecule has 7 heteroatoms. The average molecular weight is 465 g/mol. The zero-order valence-corrected chi connectivity index (χ0v) is 19.3. The molecule has 5 nitrogen and oxygen atoms in total. The second-order valence-electron chi connectivity index (χ2n) is 7.79. The van der Waals surface area contributed by atoms with Crippen LogP contribution in [0, 0.1) is 5.82 Å². The lowest BCUT2D eigenvalue weighted by atomic mass is 9.95. The number of hydrogen-bond acceptors (Lipinski definition) is 5. The first-order valence-corrected chi connectivity index (χ1v) is 11.7. The molecule has 3 aromatic rings. The Morgan fingerprint density at radius 2 is 1.73 bits per heavy atom. The number of anilines is 1. The molecule has 0 aliphatic carbocycles. The van der Waals surface area contributed by atoms with Crippen molar-refractivity contribution in [3.05, 3.63) is 99.2 Å². The summed E-state index contributed by atoms with van der Waals surface area (Å²) in [5.74, 6) is -1.88. The van der Waals surface area contributed by atoms with E-state index in [1.54, 1.807) is 29.6 Å². The molecule has 0 spiro atoms. The Kier molecular flexibility index (Phi) is 6.60. The molecule has 0 saturated heterocycles. The Balaban J connectivity index is 1.76. The van der Waals surface area contributed by atoms with Crippen LogP contribution in [0.2, 0.25) is 0 Å². The van der Waals surface area contributed by atoms with Crippen molar-refractivity contribution in [2.24, 2.45) is 0 Å². The number of rotatable bonds is 8. The van der Waals surface area contributed by atoms with Crippen LogP contribution < -0.4 is 4.90 Å². The van der Waals surface area contributed by atoms with Crippen LogP contribution >= 0.6 is 11.3 Å². The third kappa shape index (κ3) is 4.41. The maximum Gasteiger partial charge on any atom is 0.290 e. The molecule has 0 radical (unpaired) electrons. The van der Waals surface area contributed by atoms with Crippen LogP contribution in [0.15, 0.2) is 77.4 Å². The van der Waals surface area contributed by atoms with Crippen molar-refractivity contribution in [2.45, 2.75) is 26.4 Å². The van der Waals surface area contributed by atoms with Gasteiger partial charge in [0, 0.05) is 25.3 Å². The summed E-state index contributed by atoms with van der Waals surface area (Å²) < 4.78 is 13.4. The number of aliphatic hydroxyl groups excluding tert-OH is 1. The quantitative estimate of drug-likeness (QED) is 0.447. The number of halogens is 1. The highest BCUT2D eigenvalue weighted by Gasteiger charge is 2.44. The largest absolute Gasteiger partial charge is 0.503 e. The number of ketones is 1. The lowest BCUT2D eigenvalue weighted by Gasteiger charge is -2.28. The number of hydrogen-bond donors (Lipinski definition) is 1. The molecule has 2 heterocycles. The van der Waals surface area contributed by atoms with Gasteiger partial charge in [0.15, 0.2) is 5.76 Å². The third-order valence-corrected chi connectivity index (χ3v) is 6.77. The molecule has 0 saturated carbocycles. The predicted octanol–water partition coefficient (Wildman–Crippen LogP) is 5.51. The highest BCUT2D eigenvalue weighted by atomic mass is 32.1.